The van der Waals surface area contributed by atoms with Crippen molar-refractivity contribution >= 4 is 21.5 Å². The van der Waals surface area contributed by atoms with Crippen molar-refractivity contribution < 1.29 is 0 Å². The van der Waals surface area contributed by atoms with E-state index in [0.717, 1.165) is 17.3 Å². The van der Waals surface area contributed by atoms with Crippen LogP contribution in [0.2, 0.25) is 0 Å². The Balaban J connectivity index is 2.51. The molecule has 1 aromatic carbocycles. The molecule has 2 heteroatoms. The zero-order valence-corrected chi connectivity index (χ0v) is 11.7. The molecule has 0 fully saturated rings. The minimum absolute atomic E-state index is 0.0377. The van der Waals surface area contributed by atoms with E-state index in [1.54, 1.807) is 0 Å². The van der Waals surface area contributed by atoms with Gasteiger partial charge in [0, 0.05) is 10.0 Å². The number of benzene rings is 1. The molecule has 0 saturated heterocycles. The van der Waals surface area contributed by atoms with Crippen LogP contribution in [0, 0.1) is 0 Å². The molecule has 0 saturated carbocycles. The van der Waals surface area contributed by atoms with Gasteiger partial charge in [0.25, 0.3) is 0 Å². The number of halogens is 1. The quantitative estimate of drug-likeness (QED) is 0.869. The Kier molecular flexibility index (Phi) is 3.22. The first kappa shape index (κ1) is 11.9. The molecule has 0 aliphatic heterocycles. The number of hydrogen-bond acceptors (Lipinski definition) is 1. The Morgan fingerprint density at radius 3 is 2.75 bits per heavy atom. The summed E-state index contributed by atoms with van der Waals surface area (Å²) in [7, 11) is 2.02. The molecule has 0 radical (unpaired) electrons. The molecule has 0 unspecified atom stereocenters. The topological polar surface area (TPSA) is 12.0 Å². The third-order valence-electron chi connectivity index (χ3n) is 3.42. The molecular formula is C14H18BrN. The van der Waals surface area contributed by atoms with E-state index >= 15 is 0 Å². The van der Waals surface area contributed by atoms with Gasteiger partial charge in [0.15, 0.2) is 0 Å². The number of hydrogen-bond donors (Lipinski definition) is 1. The summed E-state index contributed by atoms with van der Waals surface area (Å²) in [5.41, 5.74) is 4.30. The fourth-order valence-corrected chi connectivity index (χ4v) is 2.59. The minimum Gasteiger partial charge on any atom is -0.311 e. The SMILES string of the molecule is CNC(C)(C)C1=CCCc2ccc(Br)cc21. The van der Waals surface area contributed by atoms with E-state index < -0.39 is 0 Å². The van der Waals surface area contributed by atoms with Crippen LogP contribution in [0.1, 0.15) is 31.4 Å². The number of likely N-dealkylation sites (N-methyl/N-ethyl adjacent to an activating group) is 1. The number of rotatable bonds is 2. The molecular weight excluding hydrogens is 262 g/mol. The van der Waals surface area contributed by atoms with Crippen LogP contribution in [0.5, 0.6) is 0 Å². The van der Waals surface area contributed by atoms with Crippen molar-refractivity contribution in [2.45, 2.75) is 32.2 Å². The molecule has 86 valence electrons. The number of allylic oxidation sites excluding steroid dienone is 1. The average Bonchev–Trinajstić information content (AvgIpc) is 2.28. The number of fused-ring (bicyclic) bond motifs is 1. The lowest BCUT2D eigenvalue weighted by molar-refractivity contribution is 0.541. The van der Waals surface area contributed by atoms with E-state index in [1.165, 1.54) is 16.7 Å². The second kappa shape index (κ2) is 4.34. The Labute approximate surface area is 106 Å². The molecule has 1 aromatic rings. The van der Waals surface area contributed by atoms with Gasteiger partial charge in [-0.1, -0.05) is 28.1 Å². The Hall–Kier alpha value is -0.600. The lowest BCUT2D eigenvalue weighted by Gasteiger charge is -2.32. The molecule has 16 heavy (non-hydrogen) atoms. The maximum atomic E-state index is 3.56. The molecule has 1 aliphatic carbocycles. The highest BCUT2D eigenvalue weighted by Gasteiger charge is 2.25. The van der Waals surface area contributed by atoms with Gasteiger partial charge in [0.05, 0.1) is 0 Å². The van der Waals surface area contributed by atoms with Crippen LogP contribution in [0.25, 0.3) is 5.57 Å². The fraction of sp³-hybridized carbons (Fsp3) is 0.429. The first-order chi connectivity index (χ1) is 7.54. The maximum absolute atomic E-state index is 3.56. The standard InChI is InChI=1S/C14H18BrN/c1-14(2,16-3)13-6-4-5-10-7-8-11(15)9-12(10)13/h6-9,16H,4-5H2,1-3H3. The lowest BCUT2D eigenvalue weighted by Crippen LogP contribution is -2.38. The first-order valence-electron chi connectivity index (χ1n) is 5.73. The van der Waals surface area contributed by atoms with E-state index in [1.807, 2.05) is 7.05 Å². The molecule has 0 heterocycles. The summed E-state index contributed by atoms with van der Waals surface area (Å²) in [4.78, 5) is 0. The highest BCUT2D eigenvalue weighted by Crippen LogP contribution is 2.35. The average molecular weight is 280 g/mol. The number of aryl methyl sites for hydroxylation is 1. The van der Waals surface area contributed by atoms with Gasteiger partial charge in [0.2, 0.25) is 0 Å². The molecule has 0 amide bonds. The van der Waals surface area contributed by atoms with Gasteiger partial charge >= 0.3 is 0 Å². The lowest BCUT2D eigenvalue weighted by atomic mass is 9.81. The van der Waals surface area contributed by atoms with Crippen molar-refractivity contribution in [2.75, 3.05) is 7.05 Å². The van der Waals surface area contributed by atoms with Crippen LogP contribution in [0.3, 0.4) is 0 Å². The van der Waals surface area contributed by atoms with Crippen LogP contribution >= 0.6 is 15.9 Å². The zero-order valence-electron chi connectivity index (χ0n) is 10.1. The summed E-state index contributed by atoms with van der Waals surface area (Å²) in [5.74, 6) is 0. The fourth-order valence-electron chi connectivity index (χ4n) is 2.23. The summed E-state index contributed by atoms with van der Waals surface area (Å²) in [6, 6.07) is 6.60. The molecule has 0 atom stereocenters. The van der Waals surface area contributed by atoms with E-state index in [4.69, 9.17) is 0 Å². The van der Waals surface area contributed by atoms with Crippen molar-refractivity contribution in [3.63, 3.8) is 0 Å². The molecule has 0 spiro atoms. The van der Waals surface area contributed by atoms with E-state index in [-0.39, 0.29) is 5.54 Å². The third kappa shape index (κ3) is 2.09. The van der Waals surface area contributed by atoms with Gasteiger partial charge in [-0.15, -0.1) is 0 Å². The normalized spacial score (nSPS) is 15.6. The smallest absolute Gasteiger partial charge is 0.0377 e. The Morgan fingerprint density at radius 2 is 2.06 bits per heavy atom. The van der Waals surface area contributed by atoms with Crippen LogP contribution in [0.4, 0.5) is 0 Å². The second-order valence-electron chi connectivity index (χ2n) is 4.83. The van der Waals surface area contributed by atoms with E-state index in [9.17, 15) is 0 Å². The minimum atomic E-state index is 0.0377. The van der Waals surface area contributed by atoms with Crippen LogP contribution < -0.4 is 5.32 Å². The molecule has 0 aromatic heterocycles. The van der Waals surface area contributed by atoms with Crippen molar-refractivity contribution in [1.82, 2.24) is 5.32 Å². The van der Waals surface area contributed by atoms with Crippen molar-refractivity contribution in [3.05, 3.63) is 39.9 Å². The molecule has 0 bridgehead atoms. The molecule has 1 nitrogen and oxygen atoms in total. The van der Waals surface area contributed by atoms with Crippen molar-refractivity contribution in [2.24, 2.45) is 0 Å². The summed E-state index contributed by atoms with van der Waals surface area (Å²) in [5, 5.41) is 3.39. The van der Waals surface area contributed by atoms with Crippen LogP contribution in [-0.4, -0.2) is 12.6 Å². The van der Waals surface area contributed by atoms with E-state index in [0.29, 0.717) is 0 Å². The van der Waals surface area contributed by atoms with Gasteiger partial charge in [-0.2, -0.15) is 0 Å². The van der Waals surface area contributed by atoms with Gasteiger partial charge < -0.3 is 5.32 Å². The third-order valence-corrected chi connectivity index (χ3v) is 3.92. The highest BCUT2D eigenvalue weighted by molar-refractivity contribution is 9.10. The Morgan fingerprint density at radius 1 is 1.31 bits per heavy atom. The maximum Gasteiger partial charge on any atom is 0.0377 e. The van der Waals surface area contributed by atoms with Crippen LogP contribution in [-0.2, 0) is 6.42 Å². The predicted molar refractivity (Wildman–Crippen MR) is 73.6 cm³/mol. The zero-order chi connectivity index (χ0) is 11.8. The summed E-state index contributed by atoms with van der Waals surface area (Å²) < 4.78 is 1.16. The summed E-state index contributed by atoms with van der Waals surface area (Å²) in [6.07, 6.45) is 4.67. The van der Waals surface area contributed by atoms with Gasteiger partial charge in [0.1, 0.15) is 0 Å². The summed E-state index contributed by atoms with van der Waals surface area (Å²) in [6.45, 7) is 4.46. The largest absolute Gasteiger partial charge is 0.311 e. The summed E-state index contributed by atoms with van der Waals surface area (Å²) >= 11 is 3.56. The Bertz CT molecular complexity index is 432. The molecule has 1 aliphatic rings. The van der Waals surface area contributed by atoms with Crippen LogP contribution in [0.15, 0.2) is 28.7 Å². The van der Waals surface area contributed by atoms with E-state index in [2.05, 4.69) is 59.4 Å². The molecule has 2 rings (SSSR count). The van der Waals surface area contributed by atoms with Gasteiger partial charge in [-0.05, 0) is 62.6 Å². The first-order valence-corrected chi connectivity index (χ1v) is 6.52. The van der Waals surface area contributed by atoms with Gasteiger partial charge in [-0.25, -0.2) is 0 Å². The second-order valence-corrected chi connectivity index (χ2v) is 5.75. The number of nitrogens with one attached hydrogen (secondary N) is 1. The van der Waals surface area contributed by atoms with Crippen molar-refractivity contribution in [3.8, 4) is 0 Å². The van der Waals surface area contributed by atoms with Gasteiger partial charge in [-0.3, -0.25) is 0 Å². The highest BCUT2D eigenvalue weighted by atomic mass is 79.9. The predicted octanol–water partition coefficient (Wildman–Crippen LogP) is 3.78. The monoisotopic (exact) mass is 279 g/mol. The molecule has 1 N–H and O–H groups in total. The van der Waals surface area contributed by atoms with Crippen molar-refractivity contribution in [1.29, 1.82) is 0 Å².